The van der Waals surface area contributed by atoms with E-state index in [0.29, 0.717) is 6.61 Å². The summed E-state index contributed by atoms with van der Waals surface area (Å²) in [5.74, 6) is 2.20. The first-order valence-corrected chi connectivity index (χ1v) is 8.04. The highest BCUT2D eigenvalue weighted by Gasteiger charge is 2.33. The third-order valence-corrected chi connectivity index (χ3v) is 3.59. The van der Waals surface area contributed by atoms with Crippen LogP contribution in [0.5, 0.6) is 11.5 Å². The van der Waals surface area contributed by atoms with E-state index < -0.39 is 0 Å². The highest BCUT2D eigenvalue weighted by atomic mass is 127. The van der Waals surface area contributed by atoms with E-state index in [9.17, 15) is 0 Å². The van der Waals surface area contributed by atoms with Crippen molar-refractivity contribution in [2.45, 2.75) is 20.8 Å². The quantitative estimate of drug-likeness (QED) is 0.381. The lowest BCUT2D eigenvalue weighted by Crippen LogP contribution is -2.43. The van der Waals surface area contributed by atoms with Gasteiger partial charge >= 0.3 is 0 Å². The monoisotopic (exact) mass is 449 g/mol. The Morgan fingerprint density at radius 1 is 1.29 bits per heavy atom. The first-order valence-electron chi connectivity index (χ1n) is 8.04. The van der Waals surface area contributed by atoms with Gasteiger partial charge in [-0.3, -0.25) is 4.99 Å². The lowest BCUT2D eigenvalue weighted by Gasteiger charge is -2.36. The Bertz CT molecular complexity index is 548. The summed E-state index contributed by atoms with van der Waals surface area (Å²) in [6.45, 7) is 9.85. The second kappa shape index (κ2) is 9.93. The minimum absolute atomic E-state index is 0. The molecule has 1 heterocycles. The van der Waals surface area contributed by atoms with Gasteiger partial charge in [-0.05, 0) is 26.0 Å². The van der Waals surface area contributed by atoms with Gasteiger partial charge in [-0.15, -0.1) is 24.0 Å². The maximum absolute atomic E-state index is 5.61. The Labute approximate surface area is 161 Å². The van der Waals surface area contributed by atoms with Crippen LogP contribution in [0.2, 0.25) is 0 Å². The molecule has 1 fully saturated rings. The van der Waals surface area contributed by atoms with E-state index in [0.717, 1.165) is 49.4 Å². The van der Waals surface area contributed by atoms with Crippen LogP contribution in [0.4, 0.5) is 5.69 Å². The van der Waals surface area contributed by atoms with Crippen molar-refractivity contribution >= 4 is 35.6 Å². The number of nitrogens with one attached hydrogen (secondary N) is 2. The standard InChI is InChI=1S/C17H27N3O3.HI/c1-5-18-16(19-10-17(3)11-22-12-17)20-13-7-8-14(21-4)15(9-13)23-6-2;/h7-9H,5-6,10-12H2,1-4H3,(H2,18,19,20);1H. The molecule has 0 aromatic heterocycles. The molecule has 24 heavy (non-hydrogen) atoms. The van der Waals surface area contributed by atoms with Crippen molar-refractivity contribution in [2.75, 3.05) is 45.3 Å². The summed E-state index contributed by atoms with van der Waals surface area (Å²) in [6, 6.07) is 5.75. The van der Waals surface area contributed by atoms with Crippen LogP contribution in [0.25, 0.3) is 0 Å². The van der Waals surface area contributed by atoms with Crippen LogP contribution >= 0.6 is 24.0 Å². The summed E-state index contributed by atoms with van der Waals surface area (Å²) >= 11 is 0. The first kappa shape index (κ1) is 20.8. The molecule has 0 bridgehead atoms. The summed E-state index contributed by atoms with van der Waals surface area (Å²) in [7, 11) is 1.64. The molecule has 0 aliphatic carbocycles. The Morgan fingerprint density at radius 2 is 2.04 bits per heavy atom. The molecule has 1 aromatic rings. The Balaban J connectivity index is 0.00000288. The summed E-state index contributed by atoms with van der Waals surface area (Å²) in [5.41, 5.74) is 1.06. The maximum atomic E-state index is 5.61. The minimum atomic E-state index is 0. The molecule has 1 saturated heterocycles. The van der Waals surface area contributed by atoms with Crippen LogP contribution in [-0.2, 0) is 4.74 Å². The Hall–Kier alpha value is -1.22. The molecule has 0 radical (unpaired) electrons. The van der Waals surface area contributed by atoms with E-state index in [4.69, 9.17) is 14.2 Å². The highest BCUT2D eigenvalue weighted by molar-refractivity contribution is 14.0. The topological polar surface area (TPSA) is 64.1 Å². The Morgan fingerprint density at radius 3 is 2.58 bits per heavy atom. The Kier molecular flexibility index (Phi) is 8.61. The van der Waals surface area contributed by atoms with Crippen molar-refractivity contribution in [3.8, 4) is 11.5 Å². The van der Waals surface area contributed by atoms with E-state index >= 15 is 0 Å². The van der Waals surface area contributed by atoms with Crippen LogP contribution in [0.3, 0.4) is 0 Å². The number of hydrogen-bond donors (Lipinski definition) is 2. The summed E-state index contributed by atoms with van der Waals surface area (Å²) in [5, 5.41) is 6.57. The van der Waals surface area contributed by atoms with Gasteiger partial charge in [0.1, 0.15) is 0 Å². The fraction of sp³-hybridized carbons (Fsp3) is 0.588. The van der Waals surface area contributed by atoms with E-state index in [-0.39, 0.29) is 29.4 Å². The van der Waals surface area contributed by atoms with Crippen molar-refractivity contribution in [1.29, 1.82) is 0 Å². The molecule has 136 valence electrons. The van der Waals surface area contributed by atoms with Crippen LogP contribution < -0.4 is 20.1 Å². The number of anilines is 1. The number of rotatable bonds is 7. The van der Waals surface area contributed by atoms with Crippen molar-refractivity contribution in [2.24, 2.45) is 10.4 Å². The zero-order valence-corrected chi connectivity index (χ0v) is 17.2. The van der Waals surface area contributed by atoms with Crippen LogP contribution in [-0.4, -0.2) is 46.0 Å². The fourth-order valence-electron chi connectivity index (χ4n) is 2.28. The van der Waals surface area contributed by atoms with Gasteiger partial charge in [-0.25, -0.2) is 0 Å². The summed E-state index contributed by atoms with van der Waals surface area (Å²) < 4.78 is 16.2. The van der Waals surface area contributed by atoms with Gasteiger partial charge in [0.2, 0.25) is 0 Å². The smallest absolute Gasteiger partial charge is 0.195 e. The van der Waals surface area contributed by atoms with Crippen molar-refractivity contribution in [1.82, 2.24) is 5.32 Å². The predicted octanol–water partition coefficient (Wildman–Crippen LogP) is 3.13. The number of nitrogens with zero attached hydrogens (tertiary/aromatic N) is 1. The van der Waals surface area contributed by atoms with E-state index in [1.54, 1.807) is 7.11 Å². The van der Waals surface area contributed by atoms with Crippen molar-refractivity contribution in [3.63, 3.8) is 0 Å². The molecule has 0 unspecified atom stereocenters. The third kappa shape index (κ3) is 5.70. The number of halogens is 1. The minimum Gasteiger partial charge on any atom is -0.493 e. The van der Waals surface area contributed by atoms with Gasteiger partial charge in [0.05, 0.1) is 33.5 Å². The second-order valence-electron chi connectivity index (χ2n) is 5.92. The number of guanidine groups is 1. The molecular formula is C17H28IN3O3. The van der Waals surface area contributed by atoms with Gasteiger partial charge in [0, 0.05) is 23.7 Å². The number of ether oxygens (including phenoxy) is 3. The van der Waals surface area contributed by atoms with E-state index in [1.165, 1.54) is 0 Å². The largest absolute Gasteiger partial charge is 0.493 e. The van der Waals surface area contributed by atoms with Crippen LogP contribution in [0, 0.1) is 5.41 Å². The molecule has 0 atom stereocenters. The zero-order chi connectivity index (χ0) is 16.7. The number of aliphatic imine (C=N–C) groups is 1. The molecule has 2 rings (SSSR count). The first-order chi connectivity index (χ1) is 11.1. The average molecular weight is 449 g/mol. The molecule has 6 nitrogen and oxygen atoms in total. The van der Waals surface area contributed by atoms with Gasteiger partial charge in [-0.2, -0.15) is 0 Å². The third-order valence-electron chi connectivity index (χ3n) is 3.59. The number of methoxy groups -OCH3 is 1. The van der Waals surface area contributed by atoms with E-state index in [1.807, 2.05) is 32.0 Å². The van der Waals surface area contributed by atoms with E-state index in [2.05, 4.69) is 22.5 Å². The summed E-state index contributed by atoms with van der Waals surface area (Å²) in [6.07, 6.45) is 0. The highest BCUT2D eigenvalue weighted by Crippen LogP contribution is 2.30. The molecule has 7 heteroatoms. The molecule has 0 amide bonds. The lowest BCUT2D eigenvalue weighted by molar-refractivity contribution is -0.0945. The lowest BCUT2D eigenvalue weighted by atomic mass is 9.89. The molecule has 2 N–H and O–H groups in total. The van der Waals surface area contributed by atoms with Crippen molar-refractivity contribution in [3.05, 3.63) is 18.2 Å². The number of benzene rings is 1. The molecule has 0 spiro atoms. The predicted molar refractivity (Wildman–Crippen MR) is 108 cm³/mol. The average Bonchev–Trinajstić information content (AvgIpc) is 2.52. The zero-order valence-electron chi connectivity index (χ0n) is 14.8. The van der Waals surface area contributed by atoms with Gasteiger partial charge < -0.3 is 24.8 Å². The number of hydrogen-bond acceptors (Lipinski definition) is 4. The van der Waals surface area contributed by atoms with Gasteiger partial charge in [-0.1, -0.05) is 6.92 Å². The molecular weight excluding hydrogens is 421 g/mol. The fourth-order valence-corrected chi connectivity index (χ4v) is 2.28. The molecule has 0 saturated carbocycles. The maximum Gasteiger partial charge on any atom is 0.195 e. The van der Waals surface area contributed by atoms with Gasteiger partial charge in [0.15, 0.2) is 17.5 Å². The molecule has 1 aromatic carbocycles. The molecule has 1 aliphatic heterocycles. The second-order valence-corrected chi connectivity index (χ2v) is 5.92. The van der Waals surface area contributed by atoms with Crippen molar-refractivity contribution < 1.29 is 14.2 Å². The van der Waals surface area contributed by atoms with Crippen LogP contribution in [0.15, 0.2) is 23.2 Å². The SMILES string of the molecule is CCNC(=NCC1(C)COC1)Nc1ccc(OC)c(OCC)c1.I. The van der Waals surface area contributed by atoms with Gasteiger partial charge in [0.25, 0.3) is 0 Å². The normalized spacial score (nSPS) is 15.8. The molecule has 1 aliphatic rings. The summed E-state index contributed by atoms with van der Waals surface area (Å²) in [4.78, 5) is 4.66. The van der Waals surface area contributed by atoms with Crippen LogP contribution in [0.1, 0.15) is 20.8 Å².